The molecule has 0 spiro atoms. The van der Waals surface area contributed by atoms with Crippen molar-refractivity contribution in [2.45, 2.75) is 44.0 Å². The number of sulfonamides is 1. The zero-order valence-corrected chi connectivity index (χ0v) is 19.9. The Morgan fingerprint density at radius 3 is 2.48 bits per heavy atom. The third-order valence-electron chi connectivity index (χ3n) is 5.36. The molecule has 2 amide bonds. The molecule has 1 saturated heterocycles. The number of hydrogen-bond acceptors (Lipinski definition) is 7. The lowest BCUT2D eigenvalue weighted by atomic mass is 10.0. The Kier molecular flexibility index (Phi) is 7.98. The normalized spacial score (nSPS) is 19.1. The van der Waals surface area contributed by atoms with E-state index >= 15 is 0 Å². The average Bonchev–Trinajstić information content (AvgIpc) is 3.33. The third-order valence-corrected chi connectivity index (χ3v) is 7.58. The molecule has 0 aromatic heterocycles. The van der Waals surface area contributed by atoms with E-state index in [1.54, 1.807) is 13.8 Å². The number of carbonyl (C=O) groups excluding carboxylic acids is 3. The topological polar surface area (TPSA) is 131 Å². The summed E-state index contributed by atoms with van der Waals surface area (Å²) in [6.07, 6.45) is 1.97. The first-order valence-corrected chi connectivity index (χ1v) is 12.4. The van der Waals surface area contributed by atoms with Gasteiger partial charge in [0.05, 0.1) is 39.4 Å². The highest BCUT2D eigenvalue weighted by atomic mass is 35.5. The lowest BCUT2D eigenvalue weighted by molar-refractivity contribution is -0.139. The zero-order chi connectivity index (χ0) is 24.2. The number of esters is 2. The van der Waals surface area contributed by atoms with Crippen LogP contribution in [-0.4, -0.2) is 63.0 Å². The summed E-state index contributed by atoms with van der Waals surface area (Å²) in [5.74, 6) is -1.53. The van der Waals surface area contributed by atoms with Crippen molar-refractivity contribution in [2.24, 2.45) is 0 Å². The highest BCUT2D eigenvalue weighted by molar-refractivity contribution is 7.89. The summed E-state index contributed by atoms with van der Waals surface area (Å²) in [5.41, 5.74) is 0.111. The summed E-state index contributed by atoms with van der Waals surface area (Å²) >= 11 is 6.14. The highest BCUT2D eigenvalue weighted by Gasteiger charge is 2.33. The minimum atomic E-state index is -3.76. The molecule has 2 aliphatic rings. The predicted molar refractivity (Wildman–Crippen MR) is 119 cm³/mol. The van der Waals surface area contributed by atoms with Gasteiger partial charge in [-0.25, -0.2) is 22.8 Å². The number of hydrogen-bond donors (Lipinski definition) is 2. The first kappa shape index (κ1) is 25.0. The van der Waals surface area contributed by atoms with Crippen molar-refractivity contribution in [3.05, 3.63) is 40.1 Å². The van der Waals surface area contributed by atoms with Crippen molar-refractivity contribution >= 4 is 39.6 Å². The first-order valence-electron chi connectivity index (χ1n) is 10.6. The standard InChI is InChI=1S/C21H26ClN3O7S/c1-3-16-18(20(27)31-4-2)17(24-21(28)23-16)12-32-19(26)14-11-13(7-8-15(14)22)33(29,30)25-9-5-6-10-25/h7-8,11,16H,3-6,9-10,12H2,1-2H3,(H2,23,24,28)/t16-/m1/s1. The van der Waals surface area contributed by atoms with Gasteiger partial charge in [0.1, 0.15) is 6.61 Å². The summed E-state index contributed by atoms with van der Waals surface area (Å²) in [5, 5.41) is 5.12. The van der Waals surface area contributed by atoms with Crippen LogP contribution in [0.2, 0.25) is 5.02 Å². The Labute approximate surface area is 197 Å². The second-order valence-electron chi connectivity index (χ2n) is 7.50. The average molecular weight is 500 g/mol. The summed E-state index contributed by atoms with van der Waals surface area (Å²) in [6, 6.07) is 2.69. The molecule has 2 heterocycles. The number of amides is 2. The number of rotatable bonds is 8. The molecular formula is C21H26ClN3O7S. The minimum Gasteiger partial charge on any atom is -0.463 e. The molecule has 3 rings (SSSR count). The maximum absolute atomic E-state index is 12.8. The molecule has 2 N–H and O–H groups in total. The van der Waals surface area contributed by atoms with E-state index in [1.165, 1.54) is 22.5 Å². The van der Waals surface area contributed by atoms with Crippen molar-refractivity contribution in [1.82, 2.24) is 14.9 Å². The van der Waals surface area contributed by atoms with Crippen LogP contribution in [-0.2, 0) is 24.3 Å². The largest absolute Gasteiger partial charge is 0.463 e. The van der Waals surface area contributed by atoms with Gasteiger partial charge >= 0.3 is 18.0 Å². The Balaban J connectivity index is 1.84. The van der Waals surface area contributed by atoms with Crippen LogP contribution in [0, 0.1) is 0 Å². The summed E-state index contributed by atoms with van der Waals surface area (Å²) < 4.78 is 37.4. The van der Waals surface area contributed by atoms with E-state index in [0.717, 1.165) is 12.8 Å². The fourth-order valence-corrected chi connectivity index (χ4v) is 5.43. The van der Waals surface area contributed by atoms with Crippen molar-refractivity contribution < 1.29 is 32.3 Å². The SMILES string of the molecule is CCOC(=O)C1=C(COC(=O)c2cc(S(=O)(=O)N3CCCC3)ccc2Cl)NC(=O)N[C@@H]1CC. The molecule has 12 heteroatoms. The van der Waals surface area contributed by atoms with Crippen LogP contribution in [0.25, 0.3) is 0 Å². The maximum Gasteiger partial charge on any atom is 0.340 e. The van der Waals surface area contributed by atoms with Gasteiger partial charge in [0, 0.05) is 13.1 Å². The van der Waals surface area contributed by atoms with E-state index in [1.807, 2.05) is 0 Å². The number of benzene rings is 1. The second-order valence-corrected chi connectivity index (χ2v) is 9.85. The molecule has 10 nitrogen and oxygen atoms in total. The van der Waals surface area contributed by atoms with Crippen molar-refractivity contribution in [1.29, 1.82) is 0 Å². The Hall–Kier alpha value is -2.63. The van der Waals surface area contributed by atoms with E-state index < -0.39 is 40.6 Å². The smallest absolute Gasteiger partial charge is 0.340 e. The Bertz CT molecular complexity index is 1080. The monoisotopic (exact) mass is 499 g/mol. The van der Waals surface area contributed by atoms with Crippen LogP contribution < -0.4 is 10.6 Å². The molecule has 1 aromatic rings. The van der Waals surface area contributed by atoms with Gasteiger partial charge in [-0.3, -0.25) is 0 Å². The van der Waals surface area contributed by atoms with Gasteiger partial charge in [0.25, 0.3) is 0 Å². The quantitative estimate of drug-likeness (QED) is 0.524. The van der Waals surface area contributed by atoms with E-state index in [-0.39, 0.29) is 33.4 Å². The van der Waals surface area contributed by atoms with Crippen LogP contribution >= 0.6 is 11.6 Å². The van der Waals surface area contributed by atoms with Crippen LogP contribution in [0.5, 0.6) is 0 Å². The van der Waals surface area contributed by atoms with E-state index in [0.29, 0.717) is 19.5 Å². The van der Waals surface area contributed by atoms with E-state index in [9.17, 15) is 22.8 Å². The molecule has 1 fully saturated rings. The third kappa shape index (κ3) is 5.48. The molecule has 180 valence electrons. The van der Waals surface area contributed by atoms with Crippen LogP contribution in [0.1, 0.15) is 43.5 Å². The van der Waals surface area contributed by atoms with Gasteiger partial charge in [-0.15, -0.1) is 0 Å². The number of nitrogens with zero attached hydrogens (tertiary/aromatic N) is 1. The number of halogens is 1. The number of carbonyl (C=O) groups is 3. The fourth-order valence-electron chi connectivity index (χ4n) is 3.69. The van der Waals surface area contributed by atoms with Gasteiger partial charge in [0.15, 0.2) is 0 Å². The fraction of sp³-hybridized carbons (Fsp3) is 0.476. The van der Waals surface area contributed by atoms with Gasteiger partial charge in [0.2, 0.25) is 10.0 Å². The molecule has 1 aromatic carbocycles. The van der Waals surface area contributed by atoms with Crippen LogP contribution in [0.15, 0.2) is 34.4 Å². The molecule has 2 aliphatic heterocycles. The molecular weight excluding hydrogens is 474 g/mol. The Morgan fingerprint density at radius 1 is 1.15 bits per heavy atom. The molecule has 0 radical (unpaired) electrons. The van der Waals surface area contributed by atoms with Crippen molar-refractivity contribution in [2.75, 3.05) is 26.3 Å². The second kappa shape index (κ2) is 10.5. The molecule has 0 unspecified atom stereocenters. The van der Waals surface area contributed by atoms with Gasteiger partial charge in [-0.05, 0) is 44.4 Å². The van der Waals surface area contributed by atoms with Crippen LogP contribution in [0.4, 0.5) is 4.79 Å². The van der Waals surface area contributed by atoms with E-state index in [4.69, 9.17) is 21.1 Å². The summed E-state index contributed by atoms with van der Waals surface area (Å²) in [7, 11) is -3.76. The molecule has 1 atom stereocenters. The number of urea groups is 1. The van der Waals surface area contributed by atoms with Crippen molar-refractivity contribution in [3.63, 3.8) is 0 Å². The van der Waals surface area contributed by atoms with E-state index in [2.05, 4.69) is 10.6 Å². The minimum absolute atomic E-state index is 0.0146. The molecule has 0 saturated carbocycles. The molecule has 0 bridgehead atoms. The highest BCUT2D eigenvalue weighted by Crippen LogP contribution is 2.26. The summed E-state index contributed by atoms with van der Waals surface area (Å²) in [4.78, 5) is 37.1. The maximum atomic E-state index is 12.8. The predicted octanol–water partition coefficient (Wildman–Crippen LogP) is 2.19. The zero-order valence-electron chi connectivity index (χ0n) is 18.4. The number of nitrogens with one attached hydrogen (secondary N) is 2. The van der Waals surface area contributed by atoms with Gasteiger partial charge < -0.3 is 20.1 Å². The lowest BCUT2D eigenvalue weighted by Gasteiger charge is -2.28. The number of ether oxygens (including phenoxy) is 2. The molecule has 0 aliphatic carbocycles. The lowest BCUT2D eigenvalue weighted by Crippen LogP contribution is -2.51. The van der Waals surface area contributed by atoms with Crippen molar-refractivity contribution in [3.8, 4) is 0 Å². The summed E-state index contributed by atoms with van der Waals surface area (Å²) in [6.45, 7) is 3.97. The van der Waals surface area contributed by atoms with Gasteiger partial charge in [-0.2, -0.15) is 4.31 Å². The Morgan fingerprint density at radius 2 is 1.85 bits per heavy atom. The molecule has 33 heavy (non-hydrogen) atoms. The van der Waals surface area contributed by atoms with Gasteiger partial charge in [-0.1, -0.05) is 18.5 Å². The first-order chi connectivity index (χ1) is 15.7. The van der Waals surface area contributed by atoms with Crippen LogP contribution in [0.3, 0.4) is 0 Å².